The van der Waals surface area contributed by atoms with Gasteiger partial charge in [0, 0.05) is 12.1 Å². The van der Waals surface area contributed by atoms with Crippen molar-refractivity contribution in [3.05, 3.63) is 75.0 Å². The van der Waals surface area contributed by atoms with Crippen molar-refractivity contribution in [2.45, 2.75) is 13.0 Å². The fourth-order valence-corrected chi connectivity index (χ4v) is 2.80. The maximum atomic E-state index is 13.7. The summed E-state index contributed by atoms with van der Waals surface area (Å²) in [6, 6.07) is 9.91. The van der Waals surface area contributed by atoms with Gasteiger partial charge in [-0.25, -0.2) is 9.37 Å². The van der Waals surface area contributed by atoms with Crippen molar-refractivity contribution in [2.75, 3.05) is 0 Å². The first kappa shape index (κ1) is 17.1. The SMILES string of the molecule is C[C@@H](NC(=O)c1ccccc1F)c1nc2cc(Cl)ccc2c(=O)n1C. The summed E-state index contributed by atoms with van der Waals surface area (Å²) in [6.45, 7) is 1.68. The number of amides is 1. The first-order chi connectivity index (χ1) is 11.9. The smallest absolute Gasteiger partial charge is 0.261 e. The van der Waals surface area contributed by atoms with Gasteiger partial charge in [0.2, 0.25) is 0 Å². The maximum Gasteiger partial charge on any atom is 0.261 e. The number of halogens is 2. The van der Waals surface area contributed by atoms with Gasteiger partial charge >= 0.3 is 0 Å². The molecule has 5 nitrogen and oxygen atoms in total. The number of carbonyl (C=O) groups is 1. The highest BCUT2D eigenvalue weighted by Crippen LogP contribution is 2.18. The topological polar surface area (TPSA) is 64.0 Å². The monoisotopic (exact) mass is 359 g/mol. The Hall–Kier alpha value is -2.73. The summed E-state index contributed by atoms with van der Waals surface area (Å²) < 4.78 is 15.1. The van der Waals surface area contributed by atoms with E-state index in [1.165, 1.54) is 22.8 Å². The lowest BCUT2D eigenvalue weighted by Gasteiger charge is -2.17. The molecule has 0 saturated heterocycles. The average molecular weight is 360 g/mol. The fourth-order valence-electron chi connectivity index (χ4n) is 2.63. The number of rotatable bonds is 3. The van der Waals surface area contributed by atoms with Gasteiger partial charge in [0.05, 0.1) is 22.5 Å². The number of hydrogen-bond donors (Lipinski definition) is 1. The molecule has 25 heavy (non-hydrogen) atoms. The lowest BCUT2D eigenvalue weighted by molar-refractivity contribution is 0.0933. The number of benzene rings is 2. The zero-order chi connectivity index (χ0) is 18.1. The molecule has 0 unspecified atom stereocenters. The van der Waals surface area contributed by atoms with Gasteiger partial charge in [0.1, 0.15) is 11.6 Å². The Kier molecular flexibility index (Phi) is 4.55. The minimum atomic E-state index is -0.612. The van der Waals surface area contributed by atoms with Crippen molar-refractivity contribution in [1.29, 1.82) is 0 Å². The number of nitrogens with zero attached hydrogens (tertiary/aromatic N) is 2. The standard InChI is InChI=1S/C18H15ClFN3O2/c1-10(21-17(24)12-5-3-4-6-14(12)20)16-22-15-9-11(19)7-8-13(15)18(25)23(16)2/h3-10H,1-2H3,(H,21,24)/t10-/m1/s1. The van der Waals surface area contributed by atoms with Gasteiger partial charge in [0.15, 0.2) is 0 Å². The minimum Gasteiger partial charge on any atom is -0.342 e. The molecule has 2 aromatic carbocycles. The highest BCUT2D eigenvalue weighted by atomic mass is 35.5. The van der Waals surface area contributed by atoms with Crippen molar-refractivity contribution in [2.24, 2.45) is 7.05 Å². The summed E-state index contributed by atoms with van der Waals surface area (Å²) in [5.74, 6) is -0.838. The third-order valence-corrected chi connectivity index (χ3v) is 4.16. The second kappa shape index (κ2) is 6.64. The first-order valence-electron chi connectivity index (χ1n) is 7.60. The first-order valence-corrected chi connectivity index (χ1v) is 7.98. The summed E-state index contributed by atoms with van der Waals surface area (Å²) in [5.41, 5.74) is 0.129. The van der Waals surface area contributed by atoms with Crippen LogP contribution >= 0.6 is 11.6 Å². The number of hydrogen-bond acceptors (Lipinski definition) is 3. The van der Waals surface area contributed by atoms with Crippen LogP contribution in [0.5, 0.6) is 0 Å². The van der Waals surface area contributed by atoms with E-state index in [-0.39, 0.29) is 11.1 Å². The lowest BCUT2D eigenvalue weighted by Crippen LogP contribution is -2.33. The Morgan fingerprint density at radius 3 is 2.72 bits per heavy atom. The molecular weight excluding hydrogens is 345 g/mol. The van der Waals surface area contributed by atoms with Crippen LogP contribution in [-0.4, -0.2) is 15.5 Å². The number of carbonyl (C=O) groups excluding carboxylic acids is 1. The molecule has 1 heterocycles. The molecule has 0 bridgehead atoms. The Morgan fingerprint density at radius 1 is 1.28 bits per heavy atom. The predicted molar refractivity (Wildman–Crippen MR) is 94.3 cm³/mol. The van der Waals surface area contributed by atoms with Crippen molar-refractivity contribution in [3.63, 3.8) is 0 Å². The molecule has 1 amide bonds. The van der Waals surface area contributed by atoms with E-state index in [9.17, 15) is 14.0 Å². The molecule has 1 N–H and O–H groups in total. The third-order valence-electron chi connectivity index (χ3n) is 3.93. The molecule has 0 aliphatic heterocycles. The van der Waals surface area contributed by atoms with E-state index in [4.69, 9.17) is 11.6 Å². The van der Waals surface area contributed by atoms with Crippen molar-refractivity contribution in [3.8, 4) is 0 Å². The van der Waals surface area contributed by atoms with Gasteiger partial charge < -0.3 is 5.32 Å². The average Bonchev–Trinajstić information content (AvgIpc) is 2.58. The van der Waals surface area contributed by atoms with Crippen molar-refractivity contribution >= 4 is 28.4 Å². The Bertz CT molecular complexity index is 1030. The molecule has 0 radical (unpaired) electrons. The normalized spacial score (nSPS) is 12.2. The largest absolute Gasteiger partial charge is 0.342 e. The van der Waals surface area contributed by atoms with Crippen molar-refractivity contribution in [1.82, 2.24) is 14.9 Å². The quantitative estimate of drug-likeness (QED) is 0.781. The summed E-state index contributed by atoms with van der Waals surface area (Å²) in [5, 5.41) is 3.56. The van der Waals surface area contributed by atoms with E-state index in [1.807, 2.05) is 0 Å². The summed E-state index contributed by atoms with van der Waals surface area (Å²) in [7, 11) is 1.57. The van der Waals surface area contributed by atoms with E-state index >= 15 is 0 Å². The molecule has 0 aliphatic carbocycles. The van der Waals surface area contributed by atoms with Crippen molar-refractivity contribution < 1.29 is 9.18 Å². The van der Waals surface area contributed by atoms with E-state index in [0.29, 0.717) is 21.7 Å². The summed E-state index contributed by atoms with van der Waals surface area (Å²) in [6.07, 6.45) is 0. The van der Waals surface area contributed by atoms with E-state index < -0.39 is 17.8 Å². The molecular formula is C18H15ClFN3O2. The van der Waals surface area contributed by atoms with Crippen LogP contribution < -0.4 is 10.9 Å². The van der Waals surface area contributed by atoms with Crippen LogP contribution in [0, 0.1) is 5.82 Å². The Morgan fingerprint density at radius 2 is 2.00 bits per heavy atom. The zero-order valence-electron chi connectivity index (χ0n) is 13.6. The molecule has 7 heteroatoms. The molecule has 0 saturated carbocycles. The maximum absolute atomic E-state index is 13.7. The molecule has 1 aromatic heterocycles. The number of nitrogens with one attached hydrogen (secondary N) is 1. The van der Waals surface area contributed by atoms with Crippen LogP contribution in [-0.2, 0) is 7.05 Å². The van der Waals surface area contributed by atoms with Crippen LogP contribution in [0.4, 0.5) is 4.39 Å². The van der Waals surface area contributed by atoms with E-state index in [0.717, 1.165) is 0 Å². The highest BCUT2D eigenvalue weighted by molar-refractivity contribution is 6.31. The van der Waals surface area contributed by atoms with Crippen LogP contribution in [0.1, 0.15) is 29.1 Å². The number of fused-ring (bicyclic) bond motifs is 1. The molecule has 128 valence electrons. The van der Waals surface area contributed by atoms with E-state index in [2.05, 4.69) is 10.3 Å². The van der Waals surface area contributed by atoms with Crippen LogP contribution in [0.3, 0.4) is 0 Å². The minimum absolute atomic E-state index is 0.0665. The third kappa shape index (κ3) is 3.25. The van der Waals surface area contributed by atoms with Gasteiger partial charge in [-0.05, 0) is 37.3 Å². The molecule has 0 fully saturated rings. The molecule has 0 aliphatic rings. The fraction of sp³-hybridized carbons (Fsp3) is 0.167. The molecule has 3 rings (SSSR count). The van der Waals surface area contributed by atoms with Gasteiger partial charge in [0.25, 0.3) is 11.5 Å². The lowest BCUT2D eigenvalue weighted by atomic mass is 10.1. The highest BCUT2D eigenvalue weighted by Gasteiger charge is 2.19. The molecule has 0 spiro atoms. The van der Waals surface area contributed by atoms with Gasteiger partial charge in [-0.3, -0.25) is 14.2 Å². The summed E-state index contributed by atoms with van der Waals surface area (Å²) >= 11 is 5.96. The summed E-state index contributed by atoms with van der Waals surface area (Å²) in [4.78, 5) is 29.2. The van der Waals surface area contributed by atoms with E-state index in [1.54, 1.807) is 38.2 Å². The Balaban J connectivity index is 1.98. The van der Waals surface area contributed by atoms with Gasteiger partial charge in [-0.1, -0.05) is 23.7 Å². The van der Waals surface area contributed by atoms with Crippen LogP contribution in [0.25, 0.3) is 10.9 Å². The van der Waals surface area contributed by atoms with Crippen LogP contribution in [0.2, 0.25) is 5.02 Å². The molecule has 3 aromatic rings. The van der Waals surface area contributed by atoms with Gasteiger partial charge in [-0.2, -0.15) is 0 Å². The predicted octanol–water partition coefficient (Wildman–Crippen LogP) is 3.22. The second-order valence-corrected chi connectivity index (χ2v) is 6.11. The molecule has 1 atom stereocenters. The zero-order valence-corrected chi connectivity index (χ0v) is 14.3. The second-order valence-electron chi connectivity index (χ2n) is 5.67. The van der Waals surface area contributed by atoms with Crippen LogP contribution in [0.15, 0.2) is 47.3 Å². The van der Waals surface area contributed by atoms with Gasteiger partial charge in [-0.15, -0.1) is 0 Å². The number of aromatic nitrogens is 2. The Labute approximate surface area is 148 Å².